The molecule has 1 aliphatic rings. The Labute approximate surface area is 182 Å². The van der Waals surface area contributed by atoms with E-state index in [4.69, 9.17) is 4.98 Å². The van der Waals surface area contributed by atoms with Gasteiger partial charge in [-0.15, -0.1) is 0 Å². The van der Waals surface area contributed by atoms with Crippen LogP contribution in [0.3, 0.4) is 0 Å². The fourth-order valence-corrected chi connectivity index (χ4v) is 4.74. The van der Waals surface area contributed by atoms with Crippen LogP contribution in [0.5, 0.6) is 0 Å². The van der Waals surface area contributed by atoms with Gasteiger partial charge in [0.2, 0.25) is 10.0 Å². The van der Waals surface area contributed by atoms with E-state index in [0.717, 1.165) is 18.5 Å². The van der Waals surface area contributed by atoms with Gasteiger partial charge in [0.05, 0.1) is 22.0 Å². The van der Waals surface area contributed by atoms with Gasteiger partial charge < -0.3 is 5.32 Å². The third-order valence-electron chi connectivity index (χ3n) is 5.13. The average Bonchev–Trinajstić information content (AvgIpc) is 3.45. The Kier molecular flexibility index (Phi) is 5.57. The number of carbonyl (C=O) groups is 1. The number of anilines is 1. The minimum absolute atomic E-state index is 0.129. The summed E-state index contributed by atoms with van der Waals surface area (Å²) in [5, 5.41) is 8.01. The van der Waals surface area contributed by atoms with Gasteiger partial charge in [-0.3, -0.25) is 4.79 Å². The van der Waals surface area contributed by atoms with Crippen LogP contribution in [0, 0.1) is 0 Å². The fourth-order valence-electron chi connectivity index (χ4n) is 3.49. The Morgan fingerprint density at radius 3 is 2.39 bits per heavy atom. The second kappa shape index (κ2) is 8.05. The number of pyridine rings is 1. The molecule has 164 valence electrons. The highest BCUT2D eigenvalue weighted by Gasteiger charge is 2.28. The predicted molar refractivity (Wildman–Crippen MR) is 120 cm³/mol. The molecule has 0 unspecified atom stereocenters. The standard InChI is InChI=1S/C22H27N5O3S/c1-13(2)26-31(29,30)17-9-7-16(8-10-17)24-22(28)18-11-20(15-5-6-15)25-21-19(18)12-23-27(21)14(3)4/h7-15,26H,5-6H2,1-4H3,(H,24,28). The molecular weight excluding hydrogens is 414 g/mol. The molecule has 0 radical (unpaired) electrons. The highest BCUT2D eigenvalue weighted by Crippen LogP contribution is 2.40. The van der Waals surface area contributed by atoms with Crippen LogP contribution in [-0.2, 0) is 10.0 Å². The second-order valence-corrected chi connectivity index (χ2v) is 10.3. The number of fused-ring (bicyclic) bond motifs is 1. The highest BCUT2D eigenvalue weighted by molar-refractivity contribution is 7.89. The zero-order valence-electron chi connectivity index (χ0n) is 18.1. The molecule has 2 heterocycles. The molecule has 1 aromatic carbocycles. The first kappa shape index (κ1) is 21.5. The van der Waals surface area contributed by atoms with Gasteiger partial charge >= 0.3 is 0 Å². The fraction of sp³-hybridized carbons (Fsp3) is 0.409. The summed E-state index contributed by atoms with van der Waals surface area (Å²) in [7, 11) is -3.58. The van der Waals surface area contributed by atoms with E-state index in [-0.39, 0.29) is 22.9 Å². The highest BCUT2D eigenvalue weighted by atomic mass is 32.2. The molecule has 0 atom stereocenters. The maximum atomic E-state index is 13.1. The lowest BCUT2D eigenvalue weighted by Gasteiger charge is -2.12. The number of sulfonamides is 1. The van der Waals surface area contributed by atoms with E-state index in [1.165, 1.54) is 12.1 Å². The molecule has 8 nitrogen and oxygen atoms in total. The number of carbonyl (C=O) groups excluding carboxylic acids is 1. The van der Waals surface area contributed by atoms with Gasteiger partial charge in [0.25, 0.3) is 5.91 Å². The van der Waals surface area contributed by atoms with E-state index in [9.17, 15) is 13.2 Å². The third kappa shape index (κ3) is 4.47. The first-order chi connectivity index (χ1) is 14.7. The van der Waals surface area contributed by atoms with Crippen molar-refractivity contribution in [3.8, 4) is 0 Å². The van der Waals surface area contributed by atoms with Gasteiger partial charge in [-0.05, 0) is 70.9 Å². The first-order valence-corrected chi connectivity index (χ1v) is 12.0. The Bertz CT molecular complexity index is 1230. The number of hydrogen-bond donors (Lipinski definition) is 2. The summed E-state index contributed by atoms with van der Waals surface area (Å²) in [4.78, 5) is 18.1. The molecule has 1 fully saturated rings. The van der Waals surface area contributed by atoms with E-state index in [1.807, 2.05) is 24.6 Å². The van der Waals surface area contributed by atoms with Crippen molar-refractivity contribution in [2.45, 2.75) is 63.4 Å². The average molecular weight is 442 g/mol. The van der Waals surface area contributed by atoms with Crippen molar-refractivity contribution in [2.75, 3.05) is 5.32 Å². The van der Waals surface area contributed by atoms with Gasteiger partial charge in [-0.2, -0.15) is 5.10 Å². The van der Waals surface area contributed by atoms with E-state index in [2.05, 4.69) is 15.1 Å². The Hall–Kier alpha value is -2.78. The van der Waals surface area contributed by atoms with Gasteiger partial charge in [0.15, 0.2) is 5.65 Å². The Balaban J connectivity index is 1.63. The molecule has 0 spiro atoms. The lowest BCUT2D eigenvalue weighted by molar-refractivity contribution is 0.102. The summed E-state index contributed by atoms with van der Waals surface area (Å²) >= 11 is 0. The molecule has 0 aliphatic heterocycles. The molecule has 1 saturated carbocycles. The number of aromatic nitrogens is 3. The summed E-state index contributed by atoms with van der Waals surface area (Å²) in [5.74, 6) is 0.123. The molecule has 0 saturated heterocycles. The van der Waals surface area contributed by atoms with E-state index < -0.39 is 10.0 Å². The quantitative estimate of drug-likeness (QED) is 0.580. The number of hydrogen-bond acceptors (Lipinski definition) is 5. The molecule has 3 aromatic rings. The maximum Gasteiger partial charge on any atom is 0.256 e. The molecule has 0 bridgehead atoms. The zero-order chi connectivity index (χ0) is 22.3. The van der Waals surface area contributed by atoms with Gasteiger partial charge in [0.1, 0.15) is 0 Å². The zero-order valence-corrected chi connectivity index (χ0v) is 18.9. The third-order valence-corrected chi connectivity index (χ3v) is 6.80. The second-order valence-electron chi connectivity index (χ2n) is 8.54. The molecule has 2 aromatic heterocycles. The topological polar surface area (TPSA) is 106 Å². The number of benzene rings is 1. The summed E-state index contributed by atoms with van der Waals surface area (Å²) in [6, 6.07) is 7.92. The molecule has 31 heavy (non-hydrogen) atoms. The molecule has 2 N–H and O–H groups in total. The molecule has 4 rings (SSSR count). The van der Waals surface area contributed by atoms with Crippen LogP contribution in [0.15, 0.2) is 41.4 Å². The van der Waals surface area contributed by atoms with Gasteiger partial charge in [-0.1, -0.05) is 0 Å². The van der Waals surface area contributed by atoms with E-state index in [1.54, 1.807) is 32.2 Å². The van der Waals surface area contributed by atoms with Crippen LogP contribution in [0.2, 0.25) is 0 Å². The lowest BCUT2D eigenvalue weighted by atomic mass is 10.1. The van der Waals surface area contributed by atoms with E-state index in [0.29, 0.717) is 28.2 Å². The van der Waals surface area contributed by atoms with Crippen LogP contribution in [0.4, 0.5) is 5.69 Å². The maximum absolute atomic E-state index is 13.1. The number of amides is 1. The van der Waals surface area contributed by atoms with Crippen LogP contribution >= 0.6 is 0 Å². The largest absolute Gasteiger partial charge is 0.322 e. The van der Waals surface area contributed by atoms with Crippen molar-refractivity contribution in [3.05, 3.63) is 47.8 Å². The Morgan fingerprint density at radius 1 is 1.13 bits per heavy atom. The minimum atomic E-state index is -3.58. The first-order valence-electron chi connectivity index (χ1n) is 10.5. The summed E-state index contributed by atoms with van der Waals surface area (Å²) in [6.45, 7) is 7.58. The number of nitrogens with one attached hydrogen (secondary N) is 2. The predicted octanol–water partition coefficient (Wildman–Crippen LogP) is 3.83. The molecule has 9 heteroatoms. The van der Waals surface area contributed by atoms with Gasteiger partial charge in [0, 0.05) is 29.4 Å². The van der Waals surface area contributed by atoms with Crippen molar-refractivity contribution < 1.29 is 13.2 Å². The van der Waals surface area contributed by atoms with Crippen LogP contribution in [0.1, 0.15) is 68.5 Å². The normalized spacial score (nSPS) is 14.5. The SMILES string of the molecule is CC(C)NS(=O)(=O)c1ccc(NC(=O)c2cc(C3CC3)nc3c2cnn3C(C)C)cc1. The number of nitrogens with zero attached hydrogens (tertiary/aromatic N) is 3. The van der Waals surface area contributed by atoms with Crippen molar-refractivity contribution >= 4 is 32.7 Å². The number of rotatable bonds is 7. The van der Waals surface area contributed by atoms with Gasteiger partial charge in [-0.25, -0.2) is 22.8 Å². The van der Waals surface area contributed by atoms with Crippen LogP contribution in [-0.4, -0.2) is 35.1 Å². The van der Waals surface area contributed by atoms with Crippen molar-refractivity contribution in [3.63, 3.8) is 0 Å². The molecule has 1 aliphatic carbocycles. The van der Waals surface area contributed by atoms with Crippen molar-refractivity contribution in [1.82, 2.24) is 19.5 Å². The lowest BCUT2D eigenvalue weighted by Crippen LogP contribution is -2.30. The summed E-state index contributed by atoms with van der Waals surface area (Å²) < 4.78 is 29.0. The monoisotopic (exact) mass is 441 g/mol. The van der Waals surface area contributed by atoms with Crippen LogP contribution < -0.4 is 10.0 Å². The van der Waals surface area contributed by atoms with Crippen LogP contribution in [0.25, 0.3) is 11.0 Å². The summed E-state index contributed by atoms with van der Waals surface area (Å²) in [5.41, 5.74) is 2.67. The minimum Gasteiger partial charge on any atom is -0.322 e. The summed E-state index contributed by atoms with van der Waals surface area (Å²) in [6.07, 6.45) is 3.84. The smallest absolute Gasteiger partial charge is 0.256 e. The molecular formula is C22H27N5O3S. The van der Waals surface area contributed by atoms with E-state index >= 15 is 0 Å². The van der Waals surface area contributed by atoms with Crippen molar-refractivity contribution in [1.29, 1.82) is 0 Å². The van der Waals surface area contributed by atoms with Crippen molar-refractivity contribution in [2.24, 2.45) is 0 Å². The molecule has 1 amide bonds. The Morgan fingerprint density at radius 2 is 1.81 bits per heavy atom.